The summed E-state index contributed by atoms with van der Waals surface area (Å²) in [5, 5.41) is 13.2. The fourth-order valence-corrected chi connectivity index (χ4v) is 3.31. The summed E-state index contributed by atoms with van der Waals surface area (Å²) < 4.78 is 5.49. The molecule has 1 aliphatic heterocycles. The number of rotatable bonds is 1. The van der Waals surface area contributed by atoms with Crippen molar-refractivity contribution in [3.8, 4) is 6.07 Å². The lowest BCUT2D eigenvalue weighted by atomic mass is 9.78. The standard InChI is InChI=1S/C14H12N2O2S/c15-6-9-12(8-4-5-19-7-8)13-10(17)2-1-3-11(13)18-14(9)16/h4-5,7,12H,1-3,16H2/t12-/m0/s1. The Morgan fingerprint density at radius 2 is 2.32 bits per heavy atom. The highest BCUT2D eigenvalue weighted by Crippen LogP contribution is 2.43. The molecule has 0 saturated carbocycles. The summed E-state index contributed by atoms with van der Waals surface area (Å²) in [4.78, 5) is 12.2. The Bertz CT molecular complexity index is 635. The largest absolute Gasteiger partial charge is 0.444 e. The zero-order chi connectivity index (χ0) is 13.4. The highest BCUT2D eigenvalue weighted by atomic mass is 32.1. The van der Waals surface area contributed by atoms with E-state index in [9.17, 15) is 10.1 Å². The number of ether oxygens (including phenoxy) is 1. The van der Waals surface area contributed by atoms with E-state index in [4.69, 9.17) is 10.5 Å². The van der Waals surface area contributed by atoms with E-state index in [1.165, 1.54) is 0 Å². The van der Waals surface area contributed by atoms with Crippen LogP contribution in [0.3, 0.4) is 0 Å². The summed E-state index contributed by atoms with van der Waals surface area (Å²) in [7, 11) is 0. The van der Waals surface area contributed by atoms with Gasteiger partial charge in [0.1, 0.15) is 17.4 Å². The van der Waals surface area contributed by atoms with Crippen LogP contribution in [0.15, 0.2) is 39.6 Å². The minimum Gasteiger partial charge on any atom is -0.444 e. The molecule has 1 atom stereocenters. The van der Waals surface area contributed by atoms with E-state index in [0.29, 0.717) is 29.7 Å². The van der Waals surface area contributed by atoms with Crippen LogP contribution >= 0.6 is 11.3 Å². The lowest BCUT2D eigenvalue weighted by molar-refractivity contribution is -0.116. The van der Waals surface area contributed by atoms with Gasteiger partial charge < -0.3 is 10.5 Å². The normalized spacial score (nSPS) is 22.9. The molecule has 0 fully saturated rings. The van der Waals surface area contributed by atoms with Crippen molar-refractivity contribution in [2.24, 2.45) is 5.73 Å². The molecule has 0 saturated heterocycles. The minimum atomic E-state index is -0.354. The number of hydrogen-bond acceptors (Lipinski definition) is 5. The van der Waals surface area contributed by atoms with Crippen molar-refractivity contribution < 1.29 is 9.53 Å². The van der Waals surface area contributed by atoms with Crippen molar-refractivity contribution >= 4 is 17.1 Å². The van der Waals surface area contributed by atoms with Crippen LogP contribution in [0.1, 0.15) is 30.7 Å². The van der Waals surface area contributed by atoms with E-state index in [-0.39, 0.29) is 17.6 Å². The molecular formula is C14H12N2O2S. The third kappa shape index (κ3) is 1.85. The molecule has 0 bridgehead atoms. The first-order valence-corrected chi connectivity index (χ1v) is 7.02. The molecule has 2 N–H and O–H groups in total. The van der Waals surface area contributed by atoms with Gasteiger partial charge in [0.2, 0.25) is 5.88 Å². The van der Waals surface area contributed by atoms with Crippen molar-refractivity contribution in [2.45, 2.75) is 25.2 Å². The summed E-state index contributed by atoms with van der Waals surface area (Å²) in [5.41, 5.74) is 7.73. The van der Waals surface area contributed by atoms with E-state index in [1.54, 1.807) is 11.3 Å². The molecule has 1 aromatic heterocycles. The lowest BCUT2D eigenvalue weighted by Crippen LogP contribution is -2.27. The molecule has 4 nitrogen and oxygen atoms in total. The monoisotopic (exact) mass is 272 g/mol. The summed E-state index contributed by atoms with van der Waals surface area (Å²) in [5.74, 6) is 0.488. The zero-order valence-corrected chi connectivity index (χ0v) is 11.0. The molecule has 5 heteroatoms. The maximum atomic E-state index is 12.2. The van der Waals surface area contributed by atoms with Crippen LogP contribution in [0.5, 0.6) is 0 Å². The number of ketones is 1. The summed E-state index contributed by atoms with van der Waals surface area (Å²) in [6, 6.07) is 4.02. The van der Waals surface area contributed by atoms with Crippen molar-refractivity contribution in [3.63, 3.8) is 0 Å². The Morgan fingerprint density at radius 1 is 1.47 bits per heavy atom. The molecule has 0 amide bonds. The van der Waals surface area contributed by atoms with Crippen LogP contribution in [0.4, 0.5) is 0 Å². The molecule has 0 aromatic carbocycles. The van der Waals surface area contributed by atoms with Gasteiger partial charge in [-0.15, -0.1) is 0 Å². The van der Waals surface area contributed by atoms with Gasteiger partial charge in [-0.2, -0.15) is 16.6 Å². The maximum Gasteiger partial charge on any atom is 0.205 e. The van der Waals surface area contributed by atoms with E-state index < -0.39 is 0 Å². The Kier molecular flexibility index (Phi) is 2.88. The molecule has 1 aromatic rings. The lowest BCUT2D eigenvalue weighted by Gasteiger charge is -2.30. The van der Waals surface area contributed by atoms with Crippen LogP contribution in [0.2, 0.25) is 0 Å². The Morgan fingerprint density at radius 3 is 3.00 bits per heavy atom. The van der Waals surface area contributed by atoms with Gasteiger partial charge in [-0.05, 0) is 28.8 Å². The molecular weight excluding hydrogens is 260 g/mol. The fraction of sp³-hybridized carbons (Fsp3) is 0.286. The van der Waals surface area contributed by atoms with E-state index in [2.05, 4.69) is 6.07 Å². The predicted octanol–water partition coefficient (Wildman–Crippen LogP) is 2.56. The Hall–Kier alpha value is -2.06. The number of carbonyl (C=O) groups excluding carboxylic acids is 1. The molecule has 2 aliphatic rings. The second kappa shape index (κ2) is 4.56. The first kappa shape index (κ1) is 12.0. The third-order valence-electron chi connectivity index (χ3n) is 3.48. The summed E-state index contributed by atoms with van der Waals surface area (Å²) in [6.07, 6.45) is 2.01. The predicted molar refractivity (Wildman–Crippen MR) is 70.9 cm³/mol. The molecule has 0 spiro atoms. The highest BCUT2D eigenvalue weighted by molar-refractivity contribution is 7.08. The smallest absolute Gasteiger partial charge is 0.205 e. The number of Topliss-reactive ketones (excluding diaryl/α,β-unsaturated/α-hetero) is 1. The average Bonchev–Trinajstić information content (AvgIpc) is 2.91. The van der Waals surface area contributed by atoms with Crippen molar-refractivity contribution in [1.82, 2.24) is 0 Å². The molecule has 1 aliphatic carbocycles. The quantitative estimate of drug-likeness (QED) is 0.852. The van der Waals surface area contributed by atoms with Crippen molar-refractivity contribution in [1.29, 1.82) is 5.26 Å². The van der Waals surface area contributed by atoms with E-state index in [1.807, 2.05) is 16.8 Å². The van der Waals surface area contributed by atoms with Gasteiger partial charge in [0, 0.05) is 18.4 Å². The van der Waals surface area contributed by atoms with Crippen LogP contribution in [0.25, 0.3) is 0 Å². The first-order valence-electron chi connectivity index (χ1n) is 6.08. The maximum absolute atomic E-state index is 12.2. The Labute approximate surface area is 114 Å². The molecule has 96 valence electrons. The molecule has 19 heavy (non-hydrogen) atoms. The number of nitriles is 1. The second-order valence-corrected chi connectivity index (χ2v) is 5.38. The fourth-order valence-electron chi connectivity index (χ4n) is 2.63. The first-order chi connectivity index (χ1) is 9.22. The summed E-state index contributed by atoms with van der Waals surface area (Å²) >= 11 is 1.54. The van der Waals surface area contributed by atoms with Gasteiger partial charge in [0.25, 0.3) is 0 Å². The van der Waals surface area contributed by atoms with Gasteiger partial charge in [-0.3, -0.25) is 4.79 Å². The second-order valence-electron chi connectivity index (χ2n) is 4.60. The third-order valence-corrected chi connectivity index (χ3v) is 4.18. The van der Waals surface area contributed by atoms with Crippen molar-refractivity contribution in [2.75, 3.05) is 0 Å². The SMILES string of the molecule is N#CC1=C(N)OC2=C(C(=O)CCC2)[C@H]1c1ccsc1. The van der Waals surface area contributed by atoms with Gasteiger partial charge in [-0.25, -0.2) is 0 Å². The number of allylic oxidation sites excluding steroid dienone is 3. The topological polar surface area (TPSA) is 76.1 Å². The van der Waals surface area contributed by atoms with E-state index in [0.717, 1.165) is 12.0 Å². The molecule has 0 radical (unpaired) electrons. The number of hydrogen-bond donors (Lipinski definition) is 1. The molecule has 0 unspecified atom stereocenters. The van der Waals surface area contributed by atoms with Crippen LogP contribution in [-0.4, -0.2) is 5.78 Å². The Balaban J connectivity index is 2.18. The average molecular weight is 272 g/mol. The van der Waals surface area contributed by atoms with Gasteiger partial charge in [0.15, 0.2) is 5.78 Å². The minimum absolute atomic E-state index is 0.0673. The number of nitrogens with two attached hydrogens (primary N) is 1. The number of nitrogens with zero attached hydrogens (tertiary/aromatic N) is 1. The van der Waals surface area contributed by atoms with Crippen LogP contribution in [0, 0.1) is 11.3 Å². The van der Waals surface area contributed by atoms with E-state index >= 15 is 0 Å². The van der Waals surface area contributed by atoms with Crippen LogP contribution in [-0.2, 0) is 9.53 Å². The zero-order valence-electron chi connectivity index (χ0n) is 10.2. The number of thiophene rings is 1. The van der Waals surface area contributed by atoms with Crippen LogP contribution < -0.4 is 5.73 Å². The highest BCUT2D eigenvalue weighted by Gasteiger charge is 2.37. The summed E-state index contributed by atoms with van der Waals surface area (Å²) in [6.45, 7) is 0. The molecule has 3 rings (SSSR count). The molecule has 2 heterocycles. The van der Waals surface area contributed by atoms with Gasteiger partial charge in [0.05, 0.1) is 5.92 Å². The van der Waals surface area contributed by atoms with Gasteiger partial charge >= 0.3 is 0 Å². The number of carbonyl (C=O) groups is 1. The van der Waals surface area contributed by atoms with Gasteiger partial charge in [-0.1, -0.05) is 0 Å². The van der Waals surface area contributed by atoms with Crippen molar-refractivity contribution in [3.05, 3.63) is 45.2 Å².